The Hall–Kier alpha value is -3.16. The first-order valence-corrected chi connectivity index (χ1v) is 9.08. The summed E-state index contributed by atoms with van der Waals surface area (Å²) >= 11 is 0. The number of hydrogen-bond donors (Lipinski definition) is 2. The van der Waals surface area contributed by atoms with Gasteiger partial charge in [-0.15, -0.1) is 0 Å². The highest BCUT2D eigenvalue weighted by Gasteiger charge is 2.33. The molecule has 8 heteroatoms. The van der Waals surface area contributed by atoms with E-state index in [1.54, 1.807) is 6.20 Å². The zero-order valence-electron chi connectivity index (χ0n) is 15.5. The molecule has 4 heterocycles. The van der Waals surface area contributed by atoms with Crippen molar-refractivity contribution < 1.29 is 0 Å². The highest BCUT2D eigenvalue weighted by atomic mass is 16.1. The third-order valence-corrected chi connectivity index (χ3v) is 5.04. The van der Waals surface area contributed by atoms with Crippen LogP contribution >= 0.6 is 0 Å². The van der Waals surface area contributed by atoms with Crippen LogP contribution < -0.4 is 10.5 Å². The smallest absolute Gasteiger partial charge is 0.262 e. The predicted octanol–water partition coefficient (Wildman–Crippen LogP) is 2.35. The fourth-order valence-electron chi connectivity index (χ4n) is 3.53. The number of fused-ring (bicyclic) bond motifs is 2. The van der Waals surface area contributed by atoms with Crippen molar-refractivity contribution in [1.82, 2.24) is 29.7 Å². The molecule has 1 aliphatic heterocycles. The Kier molecular flexibility index (Phi) is 3.22. The standard InChI is InChI=1S/C19H21N7O/c1-19(2,3)26-16-12(8-20-26)17(27)24-15(23-16)11-9-25(10-11)18-21-13-6-4-5-7-14(13)22-18/h4-8,11H,9-10H2,1-3H3,(H,21,22)(H,23,24,27). The van der Waals surface area contributed by atoms with Crippen LogP contribution in [-0.2, 0) is 5.54 Å². The molecule has 4 aromatic rings. The van der Waals surface area contributed by atoms with Crippen molar-refractivity contribution >= 4 is 28.0 Å². The van der Waals surface area contributed by atoms with Crippen molar-refractivity contribution in [3.63, 3.8) is 0 Å². The van der Waals surface area contributed by atoms with Crippen molar-refractivity contribution in [1.29, 1.82) is 0 Å². The summed E-state index contributed by atoms with van der Waals surface area (Å²) in [6, 6.07) is 7.98. The Labute approximate surface area is 155 Å². The molecule has 5 rings (SSSR count). The molecule has 0 saturated carbocycles. The molecule has 0 bridgehead atoms. The number of nitrogens with zero attached hydrogens (tertiary/aromatic N) is 5. The maximum absolute atomic E-state index is 12.5. The Morgan fingerprint density at radius 2 is 1.89 bits per heavy atom. The largest absolute Gasteiger partial charge is 0.341 e. The van der Waals surface area contributed by atoms with E-state index < -0.39 is 0 Å². The molecule has 3 aromatic heterocycles. The van der Waals surface area contributed by atoms with Gasteiger partial charge in [0.1, 0.15) is 11.2 Å². The second-order valence-corrected chi connectivity index (χ2v) is 8.10. The van der Waals surface area contributed by atoms with E-state index in [0.717, 1.165) is 30.1 Å². The molecule has 2 N–H and O–H groups in total. The van der Waals surface area contributed by atoms with E-state index in [9.17, 15) is 4.79 Å². The summed E-state index contributed by atoms with van der Waals surface area (Å²) in [7, 11) is 0. The summed E-state index contributed by atoms with van der Waals surface area (Å²) in [5, 5.41) is 4.90. The van der Waals surface area contributed by atoms with E-state index in [-0.39, 0.29) is 17.0 Å². The average molecular weight is 363 g/mol. The van der Waals surface area contributed by atoms with Gasteiger partial charge >= 0.3 is 0 Å². The molecule has 1 aromatic carbocycles. The van der Waals surface area contributed by atoms with Crippen molar-refractivity contribution in [3.05, 3.63) is 46.6 Å². The lowest BCUT2D eigenvalue weighted by Crippen LogP contribution is -2.46. The highest BCUT2D eigenvalue weighted by Crippen LogP contribution is 2.30. The monoisotopic (exact) mass is 363 g/mol. The SMILES string of the molecule is CC(C)(C)n1ncc2c(=O)[nH]c(C3CN(c4nc5ccccc5[nH]4)C3)nc21. The molecule has 1 fully saturated rings. The number of aromatic nitrogens is 6. The van der Waals surface area contributed by atoms with Gasteiger partial charge in [0.05, 0.1) is 28.7 Å². The van der Waals surface area contributed by atoms with Crippen LogP contribution in [0.2, 0.25) is 0 Å². The maximum Gasteiger partial charge on any atom is 0.262 e. The first-order chi connectivity index (χ1) is 12.9. The van der Waals surface area contributed by atoms with E-state index in [1.165, 1.54) is 0 Å². The van der Waals surface area contributed by atoms with Crippen LogP contribution in [-0.4, -0.2) is 42.8 Å². The van der Waals surface area contributed by atoms with Crippen LogP contribution in [0.1, 0.15) is 32.5 Å². The van der Waals surface area contributed by atoms with Crippen LogP contribution in [0.25, 0.3) is 22.1 Å². The zero-order chi connectivity index (χ0) is 18.8. The molecule has 0 radical (unpaired) electrons. The van der Waals surface area contributed by atoms with E-state index in [4.69, 9.17) is 4.98 Å². The average Bonchev–Trinajstić information content (AvgIpc) is 3.16. The minimum absolute atomic E-state index is 0.132. The molecule has 8 nitrogen and oxygen atoms in total. The minimum atomic E-state index is -0.236. The fourth-order valence-corrected chi connectivity index (χ4v) is 3.53. The van der Waals surface area contributed by atoms with E-state index in [2.05, 4.69) is 45.7 Å². The lowest BCUT2D eigenvalue weighted by molar-refractivity contribution is 0.365. The minimum Gasteiger partial charge on any atom is -0.341 e. The van der Waals surface area contributed by atoms with E-state index >= 15 is 0 Å². The Bertz CT molecular complexity index is 1170. The summed E-state index contributed by atoms with van der Waals surface area (Å²) in [5.74, 6) is 1.74. The van der Waals surface area contributed by atoms with Crippen LogP contribution in [0.5, 0.6) is 0 Å². The lowest BCUT2D eigenvalue weighted by atomic mass is 10.00. The number of anilines is 1. The van der Waals surface area contributed by atoms with E-state index in [1.807, 2.05) is 28.9 Å². The van der Waals surface area contributed by atoms with E-state index in [0.29, 0.717) is 16.9 Å². The van der Waals surface area contributed by atoms with Crippen LogP contribution in [0.3, 0.4) is 0 Å². The van der Waals surface area contributed by atoms with Gasteiger partial charge in [-0.2, -0.15) is 5.10 Å². The number of nitrogens with one attached hydrogen (secondary N) is 2. The summed E-state index contributed by atoms with van der Waals surface area (Å²) < 4.78 is 1.82. The topological polar surface area (TPSA) is 95.5 Å². The highest BCUT2D eigenvalue weighted by molar-refractivity contribution is 5.77. The number of H-pyrrole nitrogens is 2. The molecule has 0 aliphatic carbocycles. The van der Waals surface area contributed by atoms with Gasteiger partial charge in [0.25, 0.3) is 5.56 Å². The number of rotatable bonds is 2. The van der Waals surface area contributed by atoms with Gasteiger partial charge in [-0.3, -0.25) is 4.79 Å². The van der Waals surface area contributed by atoms with Crippen molar-refractivity contribution in [3.8, 4) is 0 Å². The first-order valence-electron chi connectivity index (χ1n) is 9.08. The van der Waals surface area contributed by atoms with Gasteiger partial charge in [0.15, 0.2) is 5.65 Å². The lowest BCUT2D eigenvalue weighted by Gasteiger charge is -2.38. The Morgan fingerprint density at radius 3 is 2.63 bits per heavy atom. The number of aromatic amines is 2. The summed E-state index contributed by atoms with van der Waals surface area (Å²) in [6.07, 6.45) is 1.59. The Morgan fingerprint density at radius 1 is 1.11 bits per heavy atom. The molecule has 1 saturated heterocycles. The number of imidazole rings is 1. The maximum atomic E-state index is 12.5. The molecular weight excluding hydrogens is 342 g/mol. The number of hydrogen-bond acceptors (Lipinski definition) is 5. The third kappa shape index (κ3) is 2.51. The summed E-state index contributed by atoms with van der Waals surface area (Å²) in [4.78, 5) is 30.3. The van der Waals surface area contributed by atoms with Gasteiger partial charge in [-0.05, 0) is 32.9 Å². The van der Waals surface area contributed by atoms with Crippen LogP contribution in [0.4, 0.5) is 5.95 Å². The first kappa shape index (κ1) is 16.0. The fraction of sp³-hybridized carbons (Fsp3) is 0.368. The second kappa shape index (κ2) is 5.42. The van der Waals surface area contributed by atoms with Gasteiger partial charge in [0.2, 0.25) is 5.95 Å². The quantitative estimate of drug-likeness (QED) is 0.570. The summed E-state index contributed by atoms with van der Waals surface area (Å²) in [6.45, 7) is 7.67. The zero-order valence-corrected chi connectivity index (χ0v) is 15.5. The number of para-hydroxylation sites is 2. The Balaban J connectivity index is 1.44. The van der Waals surface area contributed by atoms with Gasteiger partial charge in [0, 0.05) is 13.1 Å². The predicted molar refractivity (Wildman–Crippen MR) is 104 cm³/mol. The van der Waals surface area contributed by atoms with Crippen molar-refractivity contribution in [2.45, 2.75) is 32.2 Å². The van der Waals surface area contributed by atoms with Gasteiger partial charge < -0.3 is 14.9 Å². The van der Waals surface area contributed by atoms with Gasteiger partial charge in [-0.1, -0.05) is 12.1 Å². The molecule has 1 aliphatic rings. The number of benzene rings is 1. The van der Waals surface area contributed by atoms with Gasteiger partial charge in [-0.25, -0.2) is 14.6 Å². The van der Waals surface area contributed by atoms with Crippen molar-refractivity contribution in [2.24, 2.45) is 0 Å². The molecule has 27 heavy (non-hydrogen) atoms. The molecule has 0 spiro atoms. The third-order valence-electron chi connectivity index (χ3n) is 5.04. The molecular formula is C19H21N7O. The van der Waals surface area contributed by atoms with Crippen LogP contribution in [0.15, 0.2) is 35.3 Å². The molecule has 0 amide bonds. The second-order valence-electron chi connectivity index (χ2n) is 8.10. The summed E-state index contributed by atoms with van der Waals surface area (Å²) in [5.41, 5.74) is 2.26. The molecule has 0 unspecified atom stereocenters. The molecule has 138 valence electrons. The normalized spacial score (nSPS) is 15.6. The van der Waals surface area contributed by atoms with Crippen LogP contribution in [0, 0.1) is 0 Å². The molecule has 0 atom stereocenters. The van der Waals surface area contributed by atoms with Crippen molar-refractivity contribution in [2.75, 3.05) is 18.0 Å².